The zero-order valence-electron chi connectivity index (χ0n) is 17.1. The molecule has 0 spiro atoms. The molecule has 154 valence electrons. The summed E-state index contributed by atoms with van der Waals surface area (Å²) in [7, 11) is 3.50. The molecule has 1 N–H and O–H groups in total. The van der Waals surface area contributed by atoms with E-state index in [-0.39, 0.29) is 23.7 Å². The van der Waals surface area contributed by atoms with E-state index in [2.05, 4.69) is 10.2 Å². The quantitative estimate of drug-likeness (QED) is 0.687. The van der Waals surface area contributed by atoms with Gasteiger partial charge in [0, 0.05) is 26.2 Å². The van der Waals surface area contributed by atoms with Gasteiger partial charge in [-0.3, -0.25) is 19.3 Å². The third-order valence-corrected chi connectivity index (χ3v) is 4.94. The number of benzene rings is 1. The van der Waals surface area contributed by atoms with Crippen molar-refractivity contribution in [2.45, 2.75) is 32.6 Å². The van der Waals surface area contributed by atoms with Gasteiger partial charge in [-0.05, 0) is 57.0 Å². The van der Waals surface area contributed by atoms with Crippen molar-refractivity contribution >= 4 is 23.5 Å². The molecule has 0 bridgehead atoms. The Morgan fingerprint density at radius 3 is 2.36 bits per heavy atom. The van der Waals surface area contributed by atoms with Gasteiger partial charge in [-0.15, -0.1) is 0 Å². The molecule has 2 rings (SSSR count). The monoisotopic (exact) mass is 389 g/mol. The van der Waals surface area contributed by atoms with Crippen molar-refractivity contribution in [1.82, 2.24) is 9.80 Å². The van der Waals surface area contributed by atoms with Crippen LogP contribution in [-0.4, -0.2) is 67.9 Å². The third kappa shape index (κ3) is 6.96. The van der Waals surface area contributed by atoms with E-state index in [1.165, 1.54) is 0 Å². The van der Waals surface area contributed by atoms with Crippen LogP contribution in [0.1, 0.15) is 31.7 Å². The molecule has 1 aromatic rings. The van der Waals surface area contributed by atoms with Gasteiger partial charge >= 0.3 is 5.97 Å². The lowest BCUT2D eigenvalue weighted by Gasteiger charge is -2.30. The number of aryl methyl sites for hydroxylation is 1. The number of esters is 1. The number of likely N-dealkylation sites (tertiary alicyclic amines) is 1. The summed E-state index contributed by atoms with van der Waals surface area (Å²) in [5, 5.41) is 2.91. The summed E-state index contributed by atoms with van der Waals surface area (Å²) in [6.45, 7) is 3.97. The van der Waals surface area contributed by atoms with Crippen LogP contribution in [0.15, 0.2) is 24.3 Å². The van der Waals surface area contributed by atoms with Gasteiger partial charge in [0.1, 0.15) is 0 Å². The van der Waals surface area contributed by atoms with Crippen LogP contribution in [0.2, 0.25) is 0 Å². The second kappa shape index (κ2) is 10.8. The van der Waals surface area contributed by atoms with Crippen molar-refractivity contribution in [3.8, 4) is 0 Å². The minimum atomic E-state index is -0.126. The first-order valence-corrected chi connectivity index (χ1v) is 9.87. The molecule has 0 unspecified atom stereocenters. The normalized spacial score (nSPS) is 15.1. The Morgan fingerprint density at radius 1 is 1.14 bits per heavy atom. The second-order valence-corrected chi connectivity index (χ2v) is 7.34. The molecule has 7 heteroatoms. The maximum atomic E-state index is 12.3. The summed E-state index contributed by atoms with van der Waals surface area (Å²) in [5.74, 6) is -0.139. The molecule has 0 aliphatic carbocycles. The lowest BCUT2D eigenvalue weighted by atomic mass is 9.97. The highest BCUT2D eigenvalue weighted by atomic mass is 16.5. The van der Waals surface area contributed by atoms with Gasteiger partial charge in [0.2, 0.25) is 11.8 Å². The zero-order chi connectivity index (χ0) is 20.5. The molecule has 0 atom stereocenters. The van der Waals surface area contributed by atoms with Crippen LogP contribution >= 0.6 is 0 Å². The molecule has 7 nitrogen and oxygen atoms in total. The lowest BCUT2D eigenvalue weighted by molar-refractivity contribution is -0.149. The largest absolute Gasteiger partial charge is 0.466 e. The zero-order valence-corrected chi connectivity index (χ0v) is 17.1. The van der Waals surface area contributed by atoms with E-state index < -0.39 is 0 Å². The maximum absolute atomic E-state index is 12.3. The molecule has 1 aliphatic rings. The minimum Gasteiger partial charge on any atom is -0.466 e. The van der Waals surface area contributed by atoms with E-state index in [0.717, 1.165) is 37.2 Å². The predicted octanol–water partition coefficient (Wildman–Crippen LogP) is 1.92. The SMILES string of the molecule is CCOC(=O)C1CCN(CC(=O)Nc2ccc(CCC(=O)N(C)C)cc2)CC1. The molecular weight excluding hydrogens is 358 g/mol. The fraction of sp³-hybridized carbons (Fsp3) is 0.571. The molecule has 1 aliphatic heterocycles. The standard InChI is InChI=1S/C21H31N3O4/c1-4-28-21(27)17-11-13-24(14-12-17)15-19(25)22-18-8-5-16(6-9-18)7-10-20(26)23(2)3/h5-6,8-9,17H,4,7,10-15H2,1-3H3,(H,22,25). The van der Waals surface area contributed by atoms with Crippen LogP contribution in [0.3, 0.4) is 0 Å². The van der Waals surface area contributed by atoms with Crippen LogP contribution in [0.5, 0.6) is 0 Å². The number of ether oxygens (including phenoxy) is 1. The number of nitrogens with zero attached hydrogens (tertiary/aromatic N) is 2. The number of piperidine rings is 1. The number of hydrogen-bond acceptors (Lipinski definition) is 5. The van der Waals surface area contributed by atoms with Crippen molar-refractivity contribution in [3.05, 3.63) is 29.8 Å². The number of hydrogen-bond donors (Lipinski definition) is 1. The average Bonchev–Trinajstić information content (AvgIpc) is 2.67. The Bertz CT molecular complexity index is 665. The van der Waals surface area contributed by atoms with E-state index in [9.17, 15) is 14.4 Å². The van der Waals surface area contributed by atoms with Crippen molar-refractivity contribution in [1.29, 1.82) is 0 Å². The molecule has 1 saturated heterocycles. The summed E-state index contributed by atoms with van der Waals surface area (Å²) in [6.07, 6.45) is 2.61. The van der Waals surface area contributed by atoms with Gasteiger partial charge in [-0.2, -0.15) is 0 Å². The first kappa shape index (κ1) is 21.9. The first-order valence-electron chi connectivity index (χ1n) is 9.87. The molecule has 0 saturated carbocycles. The fourth-order valence-electron chi connectivity index (χ4n) is 3.22. The summed E-state index contributed by atoms with van der Waals surface area (Å²) in [6, 6.07) is 7.59. The molecule has 0 aromatic heterocycles. The van der Waals surface area contributed by atoms with E-state index in [1.807, 2.05) is 31.2 Å². The van der Waals surface area contributed by atoms with Gasteiger partial charge in [-0.1, -0.05) is 12.1 Å². The maximum Gasteiger partial charge on any atom is 0.309 e. The molecule has 1 aromatic carbocycles. The van der Waals surface area contributed by atoms with Gasteiger partial charge in [0.15, 0.2) is 0 Å². The molecule has 2 amide bonds. The first-order chi connectivity index (χ1) is 13.4. The average molecular weight is 389 g/mol. The summed E-state index contributed by atoms with van der Waals surface area (Å²) in [4.78, 5) is 39.3. The number of amides is 2. The minimum absolute atomic E-state index is 0.0498. The van der Waals surface area contributed by atoms with Gasteiger partial charge in [0.05, 0.1) is 19.1 Å². The fourth-order valence-corrected chi connectivity index (χ4v) is 3.22. The molecule has 1 heterocycles. The number of carbonyl (C=O) groups excluding carboxylic acids is 3. The Labute approximate surface area is 167 Å². The van der Waals surface area contributed by atoms with Crippen LogP contribution < -0.4 is 5.32 Å². The van der Waals surface area contributed by atoms with E-state index in [4.69, 9.17) is 4.74 Å². The number of nitrogens with one attached hydrogen (secondary N) is 1. The van der Waals surface area contributed by atoms with E-state index >= 15 is 0 Å². The highest BCUT2D eigenvalue weighted by Crippen LogP contribution is 2.19. The van der Waals surface area contributed by atoms with Gasteiger partial charge in [0.25, 0.3) is 0 Å². The number of anilines is 1. The highest BCUT2D eigenvalue weighted by Gasteiger charge is 2.26. The van der Waals surface area contributed by atoms with Crippen LogP contribution in [0.4, 0.5) is 5.69 Å². The molecule has 28 heavy (non-hydrogen) atoms. The summed E-state index contributed by atoms with van der Waals surface area (Å²) in [5.41, 5.74) is 1.81. The van der Waals surface area contributed by atoms with Gasteiger partial charge in [-0.25, -0.2) is 0 Å². The number of carbonyl (C=O) groups is 3. The Morgan fingerprint density at radius 2 is 1.79 bits per heavy atom. The van der Waals surface area contributed by atoms with E-state index in [0.29, 0.717) is 26.0 Å². The van der Waals surface area contributed by atoms with Crippen LogP contribution in [-0.2, 0) is 25.5 Å². The smallest absolute Gasteiger partial charge is 0.309 e. The molecular formula is C21H31N3O4. The summed E-state index contributed by atoms with van der Waals surface area (Å²) < 4.78 is 5.07. The Hall–Kier alpha value is -2.41. The second-order valence-electron chi connectivity index (χ2n) is 7.34. The van der Waals surface area contributed by atoms with Crippen molar-refractivity contribution in [2.24, 2.45) is 5.92 Å². The topological polar surface area (TPSA) is 79.0 Å². The van der Waals surface area contributed by atoms with Crippen LogP contribution in [0.25, 0.3) is 0 Å². The van der Waals surface area contributed by atoms with Crippen molar-refractivity contribution in [2.75, 3.05) is 45.7 Å². The predicted molar refractivity (Wildman–Crippen MR) is 108 cm³/mol. The van der Waals surface area contributed by atoms with Crippen LogP contribution in [0, 0.1) is 5.92 Å². The number of rotatable bonds is 8. The summed E-state index contributed by atoms with van der Waals surface area (Å²) >= 11 is 0. The van der Waals surface area contributed by atoms with Gasteiger partial charge < -0.3 is 15.0 Å². The van der Waals surface area contributed by atoms with Crippen molar-refractivity contribution < 1.29 is 19.1 Å². The Kier molecular flexibility index (Phi) is 8.44. The van der Waals surface area contributed by atoms with Crippen molar-refractivity contribution in [3.63, 3.8) is 0 Å². The lowest BCUT2D eigenvalue weighted by Crippen LogP contribution is -2.41. The molecule has 1 fully saturated rings. The molecule has 0 radical (unpaired) electrons. The highest BCUT2D eigenvalue weighted by molar-refractivity contribution is 5.92. The third-order valence-electron chi connectivity index (χ3n) is 4.94. The van der Waals surface area contributed by atoms with E-state index in [1.54, 1.807) is 19.0 Å². The Balaban J connectivity index is 1.73.